The number of carbonyl (C=O) groups is 2. The molecule has 0 bridgehead atoms. The summed E-state index contributed by atoms with van der Waals surface area (Å²) in [4.78, 5) is 26.3. The van der Waals surface area contributed by atoms with Crippen molar-refractivity contribution in [3.05, 3.63) is 73.0 Å². The van der Waals surface area contributed by atoms with Crippen LogP contribution < -0.4 is 10.6 Å². The summed E-state index contributed by atoms with van der Waals surface area (Å²) < 4.78 is 0. The summed E-state index contributed by atoms with van der Waals surface area (Å²) in [5, 5.41) is 19.3. The Labute approximate surface area is 194 Å². The molecular weight excluding hydrogens is 450 g/mol. The maximum atomic E-state index is 12.7. The first kappa shape index (κ1) is 21.7. The smallest absolute Gasteiger partial charge is 0.234 e. The number of ketones is 1. The molecule has 0 saturated heterocycles. The molecule has 5 nitrogen and oxygen atoms in total. The fraction of sp³-hybridized carbons (Fsp3) is 0.261. The van der Waals surface area contributed by atoms with Gasteiger partial charge in [-0.3, -0.25) is 9.59 Å². The standard InChI is InChI=1S/C23H20ClN3O2S2/c1-13-7-8-14(24)10-17(13)26-20(29)12-31-23-15(11-25)21(19-6-3-9-30-19)22-16(27-23)4-2-5-18(22)28/h3,6-10,21,27H,2,4-5,12H2,1H3,(H,26,29). The van der Waals surface area contributed by atoms with Crippen molar-refractivity contribution in [1.29, 1.82) is 5.26 Å². The van der Waals surface area contributed by atoms with E-state index in [4.69, 9.17) is 11.6 Å². The zero-order valence-corrected chi connectivity index (χ0v) is 19.2. The highest BCUT2D eigenvalue weighted by Gasteiger charge is 2.37. The number of thiophene rings is 1. The number of aryl methyl sites for hydroxylation is 1. The second-order valence-corrected chi connectivity index (χ2v) is 9.79. The van der Waals surface area contributed by atoms with Gasteiger partial charge in [-0.25, -0.2) is 0 Å². The number of rotatable bonds is 5. The van der Waals surface area contributed by atoms with Gasteiger partial charge in [0.05, 0.1) is 28.3 Å². The third-order valence-corrected chi connectivity index (χ3v) is 7.50. The molecule has 2 aromatic rings. The molecule has 1 amide bonds. The van der Waals surface area contributed by atoms with Crippen molar-refractivity contribution in [1.82, 2.24) is 5.32 Å². The van der Waals surface area contributed by atoms with Crippen LogP contribution in [0, 0.1) is 18.3 Å². The van der Waals surface area contributed by atoms with E-state index in [-0.39, 0.29) is 23.4 Å². The van der Waals surface area contributed by atoms with Crippen LogP contribution in [0.25, 0.3) is 0 Å². The van der Waals surface area contributed by atoms with E-state index in [0.717, 1.165) is 29.0 Å². The van der Waals surface area contributed by atoms with Crippen LogP contribution in [0.4, 0.5) is 5.69 Å². The summed E-state index contributed by atoms with van der Waals surface area (Å²) in [6, 6.07) is 11.5. The number of thioether (sulfide) groups is 1. The van der Waals surface area contributed by atoms with E-state index in [0.29, 0.717) is 33.3 Å². The molecule has 0 fully saturated rings. The zero-order chi connectivity index (χ0) is 22.0. The number of hydrogen-bond donors (Lipinski definition) is 2. The van der Waals surface area contributed by atoms with Crippen LogP contribution in [0.3, 0.4) is 0 Å². The Morgan fingerprint density at radius 2 is 2.23 bits per heavy atom. The molecule has 0 saturated carbocycles. The van der Waals surface area contributed by atoms with Crippen LogP contribution in [0.2, 0.25) is 5.02 Å². The third kappa shape index (κ3) is 4.57. The normalized spacial score (nSPS) is 18.4. The lowest BCUT2D eigenvalue weighted by atomic mass is 9.79. The minimum Gasteiger partial charge on any atom is -0.352 e. The van der Waals surface area contributed by atoms with Gasteiger partial charge in [0.25, 0.3) is 0 Å². The first-order chi connectivity index (χ1) is 15.0. The van der Waals surface area contributed by atoms with Crippen LogP contribution in [0.5, 0.6) is 0 Å². The average molecular weight is 470 g/mol. The van der Waals surface area contributed by atoms with Crippen molar-refractivity contribution in [2.24, 2.45) is 0 Å². The predicted octanol–water partition coefficient (Wildman–Crippen LogP) is 5.51. The SMILES string of the molecule is Cc1ccc(Cl)cc1NC(=O)CSC1=C(C#N)C(c2cccs2)C2=C(CCCC2=O)N1. The Kier molecular flexibility index (Phi) is 6.51. The maximum absolute atomic E-state index is 12.7. The van der Waals surface area contributed by atoms with Crippen LogP contribution in [-0.4, -0.2) is 17.4 Å². The monoisotopic (exact) mass is 469 g/mol. The molecule has 1 aliphatic heterocycles. The number of nitrogens with zero attached hydrogens (tertiary/aromatic N) is 1. The predicted molar refractivity (Wildman–Crippen MR) is 126 cm³/mol. The molecule has 2 N–H and O–H groups in total. The van der Waals surface area contributed by atoms with E-state index in [2.05, 4.69) is 16.7 Å². The van der Waals surface area contributed by atoms with Gasteiger partial charge in [0.1, 0.15) is 0 Å². The highest BCUT2D eigenvalue weighted by Crippen LogP contribution is 2.45. The van der Waals surface area contributed by atoms with Crippen molar-refractivity contribution in [2.45, 2.75) is 32.1 Å². The molecule has 1 aliphatic carbocycles. The molecule has 2 heterocycles. The lowest BCUT2D eigenvalue weighted by molar-refractivity contribution is -0.116. The lowest BCUT2D eigenvalue weighted by Crippen LogP contribution is -2.31. The molecule has 1 aromatic carbocycles. The number of allylic oxidation sites excluding steroid dienone is 3. The van der Waals surface area contributed by atoms with E-state index < -0.39 is 0 Å². The fourth-order valence-corrected chi connectivity index (χ4v) is 5.71. The summed E-state index contributed by atoms with van der Waals surface area (Å²) in [7, 11) is 0. The summed E-state index contributed by atoms with van der Waals surface area (Å²) in [6.07, 6.45) is 2.06. The number of carbonyl (C=O) groups excluding carboxylic acids is 2. The van der Waals surface area contributed by atoms with Gasteiger partial charge >= 0.3 is 0 Å². The molecule has 8 heteroatoms. The van der Waals surface area contributed by atoms with Gasteiger partial charge in [-0.1, -0.05) is 35.5 Å². The van der Waals surface area contributed by atoms with Gasteiger partial charge in [-0.05, 0) is 48.9 Å². The minimum absolute atomic E-state index is 0.0955. The second kappa shape index (κ2) is 9.31. The molecule has 1 unspecified atom stereocenters. The maximum Gasteiger partial charge on any atom is 0.234 e. The quantitative estimate of drug-likeness (QED) is 0.603. The number of Topliss-reactive ketones (excluding diaryl/α,β-unsaturated/α-hetero) is 1. The first-order valence-electron chi connectivity index (χ1n) is 9.87. The lowest BCUT2D eigenvalue weighted by Gasteiger charge is -2.32. The van der Waals surface area contributed by atoms with E-state index in [1.807, 2.05) is 30.5 Å². The van der Waals surface area contributed by atoms with Crippen LogP contribution >= 0.6 is 34.7 Å². The molecule has 0 spiro atoms. The minimum atomic E-state index is -0.366. The van der Waals surface area contributed by atoms with Crippen LogP contribution in [0.1, 0.15) is 35.6 Å². The number of benzene rings is 1. The van der Waals surface area contributed by atoms with Gasteiger partial charge < -0.3 is 10.6 Å². The largest absolute Gasteiger partial charge is 0.352 e. The molecule has 31 heavy (non-hydrogen) atoms. The highest BCUT2D eigenvalue weighted by molar-refractivity contribution is 8.03. The first-order valence-corrected chi connectivity index (χ1v) is 12.1. The number of halogens is 1. The molecular formula is C23H20ClN3O2S2. The van der Waals surface area contributed by atoms with Gasteiger partial charge in [-0.15, -0.1) is 11.3 Å². The molecule has 4 rings (SSSR count). The van der Waals surface area contributed by atoms with Gasteiger partial charge in [0.15, 0.2) is 5.78 Å². The van der Waals surface area contributed by atoms with Gasteiger partial charge in [0, 0.05) is 33.3 Å². The molecule has 158 valence electrons. The topological polar surface area (TPSA) is 82.0 Å². The Bertz CT molecular complexity index is 1150. The van der Waals surface area contributed by atoms with Crippen molar-refractivity contribution >= 4 is 52.1 Å². The number of hydrogen-bond acceptors (Lipinski definition) is 6. The van der Waals surface area contributed by atoms with Crippen molar-refractivity contribution < 1.29 is 9.59 Å². The summed E-state index contributed by atoms with van der Waals surface area (Å²) in [5.41, 5.74) is 3.66. The number of anilines is 1. The van der Waals surface area contributed by atoms with Crippen LogP contribution in [-0.2, 0) is 9.59 Å². The van der Waals surface area contributed by atoms with E-state index in [1.54, 1.807) is 12.1 Å². The summed E-state index contributed by atoms with van der Waals surface area (Å²) in [5.74, 6) is -0.324. The van der Waals surface area contributed by atoms with E-state index in [9.17, 15) is 14.9 Å². The second-order valence-electron chi connectivity index (χ2n) is 7.39. The van der Waals surface area contributed by atoms with E-state index in [1.165, 1.54) is 23.1 Å². The third-order valence-electron chi connectivity index (χ3n) is 5.31. The van der Waals surface area contributed by atoms with Gasteiger partial charge in [-0.2, -0.15) is 5.26 Å². The Morgan fingerprint density at radius 3 is 2.97 bits per heavy atom. The molecule has 2 aliphatic rings. The molecule has 1 aromatic heterocycles. The Balaban J connectivity index is 1.58. The Hall–Kier alpha value is -2.53. The van der Waals surface area contributed by atoms with Crippen molar-refractivity contribution in [3.8, 4) is 6.07 Å². The number of dihydropyridines is 1. The number of nitriles is 1. The van der Waals surface area contributed by atoms with Crippen LogP contribution in [0.15, 0.2) is 57.6 Å². The summed E-state index contributed by atoms with van der Waals surface area (Å²) in [6.45, 7) is 1.90. The average Bonchev–Trinajstić information content (AvgIpc) is 3.28. The number of nitrogens with one attached hydrogen (secondary N) is 2. The Morgan fingerprint density at radius 1 is 1.39 bits per heavy atom. The van der Waals surface area contributed by atoms with E-state index >= 15 is 0 Å². The zero-order valence-electron chi connectivity index (χ0n) is 16.8. The van der Waals surface area contributed by atoms with Gasteiger partial charge in [0.2, 0.25) is 5.91 Å². The van der Waals surface area contributed by atoms with Crippen molar-refractivity contribution in [2.75, 3.05) is 11.1 Å². The molecule has 0 radical (unpaired) electrons. The number of amides is 1. The van der Waals surface area contributed by atoms with Crippen molar-refractivity contribution in [3.63, 3.8) is 0 Å². The molecule has 1 atom stereocenters. The summed E-state index contributed by atoms with van der Waals surface area (Å²) >= 11 is 8.86. The fourth-order valence-electron chi connectivity index (χ4n) is 3.83. The highest BCUT2D eigenvalue weighted by atomic mass is 35.5.